The molecule has 39 heavy (non-hydrogen) atoms. The summed E-state index contributed by atoms with van der Waals surface area (Å²) in [6.45, 7) is -3.32. The van der Waals surface area contributed by atoms with Gasteiger partial charge >= 0.3 is 6.75 Å². The normalized spacial score (nSPS) is 16.6. The predicted octanol–water partition coefficient (Wildman–Crippen LogP) is 3.03. The van der Waals surface area contributed by atoms with Crippen molar-refractivity contribution in [1.29, 1.82) is 0 Å². The Balaban J connectivity index is 1.66. The Morgan fingerprint density at radius 2 is 1.69 bits per heavy atom. The molecule has 0 bridgehead atoms. The van der Waals surface area contributed by atoms with E-state index in [0.717, 1.165) is 12.1 Å². The highest BCUT2D eigenvalue weighted by atomic mass is 32.2. The third-order valence-corrected chi connectivity index (χ3v) is 7.33. The molecule has 0 saturated carbocycles. The number of non-ortho nitro benzene ring substituents is 1. The monoisotopic (exact) mass is 548 g/mol. The van der Waals surface area contributed by atoms with Crippen LogP contribution >= 0.6 is 0 Å². The van der Waals surface area contributed by atoms with Gasteiger partial charge < -0.3 is 23.9 Å². The number of aromatic hydroxyl groups is 1. The van der Waals surface area contributed by atoms with E-state index in [2.05, 4.69) is 0 Å². The van der Waals surface area contributed by atoms with Gasteiger partial charge in [-0.3, -0.25) is 19.5 Å². The van der Waals surface area contributed by atoms with Crippen LogP contribution in [0.3, 0.4) is 0 Å². The number of rotatable bonds is 4. The third-order valence-electron chi connectivity index (χ3n) is 6.41. The number of phenolic OH excluding ortho intramolecular Hbond substituents is 1. The van der Waals surface area contributed by atoms with Gasteiger partial charge in [0.05, 0.1) is 4.92 Å². The molecule has 3 aliphatic rings. The SMILES string of the molecule is O=c1ccc2c(-c3ccccc3S(=O)(=O)O)c3ccc4c(c3oc-2c1O)O[B-](O)(c1cccc([N+](=O)[O-])c1)O4. The van der Waals surface area contributed by atoms with Crippen LogP contribution in [-0.4, -0.2) is 34.8 Å². The number of nitro benzene ring substituents is 1. The lowest BCUT2D eigenvalue weighted by Crippen LogP contribution is -2.57. The smallest absolute Gasteiger partial charge is 0.521 e. The van der Waals surface area contributed by atoms with Crippen LogP contribution in [0.4, 0.5) is 5.69 Å². The molecule has 0 saturated heterocycles. The van der Waals surface area contributed by atoms with Crippen LogP contribution in [0.25, 0.3) is 33.4 Å². The Kier molecular flexibility index (Phi) is 5.19. The van der Waals surface area contributed by atoms with Crippen molar-refractivity contribution in [3.05, 3.63) is 93.1 Å². The number of hydrogen-bond acceptors (Lipinski definition) is 10. The Labute approximate surface area is 218 Å². The topological polar surface area (TPSA) is 187 Å². The van der Waals surface area contributed by atoms with Crippen LogP contribution in [0.15, 0.2) is 86.9 Å². The Morgan fingerprint density at radius 3 is 2.44 bits per heavy atom. The molecule has 1 aliphatic carbocycles. The highest BCUT2D eigenvalue weighted by Gasteiger charge is 2.41. The summed E-state index contributed by atoms with van der Waals surface area (Å²) in [5.74, 6) is -1.27. The van der Waals surface area contributed by atoms with Gasteiger partial charge in [-0.2, -0.15) is 8.42 Å². The molecule has 3 N–H and O–H groups in total. The van der Waals surface area contributed by atoms with Crippen molar-refractivity contribution in [2.24, 2.45) is 0 Å². The lowest BCUT2D eigenvalue weighted by atomic mass is 9.70. The first-order chi connectivity index (χ1) is 18.5. The molecular weight excluding hydrogens is 533 g/mol. The summed E-state index contributed by atoms with van der Waals surface area (Å²) in [6.07, 6.45) is 0. The fourth-order valence-corrected chi connectivity index (χ4v) is 5.39. The maximum absolute atomic E-state index is 12.3. The minimum absolute atomic E-state index is 0.0219. The van der Waals surface area contributed by atoms with E-state index in [1.807, 2.05) is 0 Å². The average Bonchev–Trinajstić information content (AvgIpc) is 3.27. The minimum Gasteiger partial charge on any atom is -0.654 e. The first kappa shape index (κ1) is 24.4. The van der Waals surface area contributed by atoms with Gasteiger partial charge in [-0.25, -0.2) is 0 Å². The van der Waals surface area contributed by atoms with Crippen LogP contribution < -0.4 is 20.2 Å². The van der Waals surface area contributed by atoms with E-state index in [-0.39, 0.29) is 56.1 Å². The number of nitrogens with zero attached hydrogens (tertiary/aromatic N) is 1. The van der Waals surface area contributed by atoms with Crippen molar-refractivity contribution in [3.8, 4) is 39.7 Å². The first-order valence-electron chi connectivity index (χ1n) is 11.3. The van der Waals surface area contributed by atoms with Crippen molar-refractivity contribution in [1.82, 2.24) is 0 Å². The van der Waals surface area contributed by atoms with Crippen LogP contribution in [0, 0.1) is 10.1 Å². The molecule has 6 rings (SSSR count). The number of benzene rings is 4. The van der Waals surface area contributed by atoms with Crippen molar-refractivity contribution >= 4 is 39.0 Å². The molecule has 1 unspecified atom stereocenters. The summed E-state index contributed by atoms with van der Waals surface area (Å²) < 4.78 is 51.7. The summed E-state index contributed by atoms with van der Waals surface area (Å²) in [4.78, 5) is 22.4. The summed E-state index contributed by atoms with van der Waals surface area (Å²) in [7, 11) is -4.72. The maximum atomic E-state index is 12.3. The quantitative estimate of drug-likeness (QED) is 0.0985. The number of phenols is 1. The fraction of sp³-hybridized carbons (Fsp3) is 0. The molecule has 0 fully saturated rings. The van der Waals surface area contributed by atoms with Gasteiger partial charge in [0.2, 0.25) is 11.2 Å². The largest absolute Gasteiger partial charge is 0.654 e. The Hall–Kier alpha value is -4.92. The molecule has 2 aliphatic heterocycles. The van der Waals surface area contributed by atoms with Gasteiger partial charge in [0, 0.05) is 28.1 Å². The highest BCUT2D eigenvalue weighted by Crippen LogP contribution is 2.50. The van der Waals surface area contributed by atoms with Crippen LogP contribution in [0.1, 0.15) is 0 Å². The van der Waals surface area contributed by atoms with E-state index < -0.39 is 37.9 Å². The summed E-state index contributed by atoms with van der Waals surface area (Å²) in [5.41, 5.74) is -0.930. The zero-order valence-electron chi connectivity index (χ0n) is 19.5. The van der Waals surface area contributed by atoms with Crippen LogP contribution in [-0.2, 0) is 10.1 Å². The molecule has 1 atom stereocenters. The van der Waals surface area contributed by atoms with E-state index in [4.69, 9.17) is 13.7 Å². The standard InChI is InChI=1S/C25H15BNO11S/c28-18-10-8-16-21(15-6-1-2-7-20(15)39(33,34)35)17-9-11-19-25(24(17)36-23(16)22(18)29)38-26(30,37-19)13-4-3-5-14(12-13)27(31)32/h1-12,29-30H,(H,33,34,35)/q-1. The van der Waals surface area contributed by atoms with Gasteiger partial charge in [-0.05, 0) is 36.4 Å². The van der Waals surface area contributed by atoms with E-state index in [1.54, 1.807) is 0 Å². The van der Waals surface area contributed by atoms with Crippen molar-refractivity contribution in [2.45, 2.75) is 4.90 Å². The maximum Gasteiger partial charge on any atom is 0.521 e. The first-order valence-corrected chi connectivity index (χ1v) is 12.7. The molecule has 14 heteroatoms. The van der Waals surface area contributed by atoms with Gasteiger partial charge in [-0.1, -0.05) is 35.8 Å². The van der Waals surface area contributed by atoms with Gasteiger partial charge in [0.25, 0.3) is 15.8 Å². The van der Waals surface area contributed by atoms with E-state index >= 15 is 0 Å². The van der Waals surface area contributed by atoms with Gasteiger partial charge in [0.1, 0.15) is 10.6 Å². The Morgan fingerprint density at radius 1 is 0.923 bits per heavy atom. The molecule has 3 aromatic carbocycles. The zero-order chi connectivity index (χ0) is 27.7. The van der Waals surface area contributed by atoms with Crippen molar-refractivity contribution in [2.75, 3.05) is 0 Å². The summed E-state index contributed by atoms with van der Waals surface area (Å²) in [5, 5.41) is 33.3. The second kappa shape index (κ2) is 8.29. The van der Waals surface area contributed by atoms with E-state index in [0.29, 0.717) is 0 Å². The van der Waals surface area contributed by atoms with E-state index in [1.165, 1.54) is 60.7 Å². The lowest BCUT2D eigenvalue weighted by molar-refractivity contribution is -0.384. The fourth-order valence-electron chi connectivity index (χ4n) is 4.69. The highest BCUT2D eigenvalue weighted by molar-refractivity contribution is 7.86. The molecule has 0 amide bonds. The molecule has 12 nitrogen and oxygen atoms in total. The predicted molar refractivity (Wildman–Crippen MR) is 138 cm³/mol. The Bertz CT molecular complexity index is 1990. The van der Waals surface area contributed by atoms with Gasteiger partial charge in [-0.15, -0.1) is 0 Å². The van der Waals surface area contributed by atoms with Gasteiger partial charge in [0.15, 0.2) is 17.1 Å². The number of nitro groups is 1. The molecule has 196 valence electrons. The van der Waals surface area contributed by atoms with Crippen molar-refractivity contribution < 1.29 is 41.8 Å². The second-order valence-electron chi connectivity index (χ2n) is 8.77. The average molecular weight is 548 g/mol. The molecule has 0 aromatic heterocycles. The molecule has 3 aromatic rings. The van der Waals surface area contributed by atoms with Crippen LogP contribution in [0.2, 0.25) is 0 Å². The minimum atomic E-state index is -4.72. The molecular formula is C25H15BNO11S-. The molecule has 0 radical (unpaired) electrons. The molecule has 2 heterocycles. The number of hydrogen-bond donors (Lipinski definition) is 3. The third kappa shape index (κ3) is 3.77. The molecule has 0 spiro atoms. The second-order valence-corrected chi connectivity index (χ2v) is 10.2. The van der Waals surface area contributed by atoms with Crippen molar-refractivity contribution in [3.63, 3.8) is 0 Å². The van der Waals surface area contributed by atoms with Crippen LogP contribution in [0.5, 0.6) is 17.2 Å². The van der Waals surface area contributed by atoms with E-state index in [9.17, 15) is 38.0 Å². The zero-order valence-corrected chi connectivity index (χ0v) is 20.3. The lowest BCUT2D eigenvalue weighted by Gasteiger charge is -2.29. The summed E-state index contributed by atoms with van der Waals surface area (Å²) in [6, 6.07) is 15.9. The summed E-state index contributed by atoms with van der Waals surface area (Å²) >= 11 is 0. The number of fused-ring (bicyclic) bond motifs is 4.